The van der Waals surface area contributed by atoms with Gasteiger partial charge in [-0.2, -0.15) is 0 Å². The molecule has 2 aromatic rings. The van der Waals surface area contributed by atoms with Crippen molar-refractivity contribution in [2.24, 2.45) is 0 Å². The Morgan fingerprint density at radius 2 is 2.27 bits per heavy atom. The van der Waals surface area contributed by atoms with Gasteiger partial charge in [0.1, 0.15) is 0 Å². The smallest absolute Gasteiger partial charge is 0.408 e. The van der Waals surface area contributed by atoms with Gasteiger partial charge in [0.2, 0.25) is 10.0 Å². The lowest BCUT2D eigenvalue weighted by molar-refractivity contribution is 0.268. The number of nitrogens with one attached hydrogen (secondary N) is 2. The molecule has 0 spiro atoms. The van der Waals surface area contributed by atoms with E-state index in [0.29, 0.717) is 12.1 Å². The van der Waals surface area contributed by atoms with Crippen LogP contribution in [0.3, 0.4) is 0 Å². The Morgan fingerprint density at radius 1 is 1.45 bits per heavy atom. The van der Waals surface area contributed by atoms with Crippen molar-refractivity contribution in [3.63, 3.8) is 0 Å². The third-order valence-corrected chi connectivity index (χ3v) is 5.54. The van der Waals surface area contributed by atoms with Crippen LogP contribution in [0.4, 0.5) is 0 Å². The van der Waals surface area contributed by atoms with E-state index in [-0.39, 0.29) is 16.5 Å². The Balaban J connectivity index is 1.77. The van der Waals surface area contributed by atoms with E-state index >= 15 is 0 Å². The molecule has 22 heavy (non-hydrogen) atoms. The van der Waals surface area contributed by atoms with Crippen LogP contribution in [-0.2, 0) is 10.0 Å². The van der Waals surface area contributed by atoms with Gasteiger partial charge in [-0.25, -0.2) is 17.9 Å². The zero-order valence-electron chi connectivity index (χ0n) is 12.3. The molecule has 1 aliphatic heterocycles. The Labute approximate surface area is 128 Å². The van der Waals surface area contributed by atoms with Crippen LogP contribution in [0.1, 0.15) is 19.8 Å². The monoisotopic (exact) mass is 325 g/mol. The van der Waals surface area contributed by atoms with E-state index in [9.17, 15) is 13.2 Å². The molecular formula is C14H19N3O4S. The summed E-state index contributed by atoms with van der Waals surface area (Å²) in [6, 6.07) is 4.60. The first-order valence-corrected chi connectivity index (χ1v) is 8.84. The molecule has 1 aromatic carbocycles. The minimum absolute atomic E-state index is 0.101. The second-order valence-corrected chi connectivity index (χ2v) is 7.22. The van der Waals surface area contributed by atoms with E-state index in [0.717, 1.165) is 25.9 Å². The maximum atomic E-state index is 12.4. The van der Waals surface area contributed by atoms with Crippen LogP contribution < -0.4 is 10.5 Å². The van der Waals surface area contributed by atoms with Crippen molar-refractivity contribution in [1.29, 1.82) is 0 Å². The summed E-state index contributed by atoms with van der Waals surface area (Å²) in [5.41, 5.74) is 0.723. The maximum absolute atomic E-state index is 12.4. The highest BCUT2D eigenvalue weighted by atomic mass is 32.2. The van der Waals surface area contributed by atoms with E-state index < -0.39 is 15.8 Å². The summed E-state index contributed by atoms with van der Waals surface area (Å²) in [4.78, 5) is 16.0. The normalized spacial score (nSPS) is 20.0. The van der Waals surface area contributed by atoms with Gasteiger partial charge in [-0.3, -0.25) is 9.88 Å². The molecule has 8 heteroatoms. The Bertz CT molecular complexity index is 824. The summed E-state index contributed by atoms with van der Waals surface area (Å²) in [7, 11) is -3.61. The lowest BCUT2D eigenvalue weighted by Gasteiger charge is -2.22. The van der Waals surface area contributed by atoms with Crippen molar-refractivity contribution >= 4 is 21.1 Å². The summed E-state index contributed by atoms with van der Waals surface area (Å²) in [5, 5.41) is 0. The topological polar surface area (TPSA) is 95.4 Å². The quantitative estimate of drug-likeness (QED) is 0.851. The van der Waals surface area contributed by atoms with Crippen molar-refractivity contribution in [2.75, 3.05) is 19.6 Å². The van der Waals surface area contributed by atoms with E-state index in [2.05, 4.69) is 21.5 Å². The summed E-state index contributed by atoms with van der Waals surface area (Å²) in [6.45, 7) is 4.41. The molecule has 2 heterocycles. The average molecular weight is 325 g/mol. The van der Waals surface area contributed by atoms with Crippen LogP contribution in [0.25, 0.3) is 11.1 Å². The van der Waals surface area contributed by atoms with Crippen molar-refractivity contribution < 1.29 is 12.8 Å². The second-order valence-electron chi connectivity index (χ2n) is 5.45. The molecule has 1 fully saturated rings. The molecule has 7 nitrogen and oxygen atoms in total. The highest BCUT2D eigenvalue weighted by Crippen LogP contribution is 2.19. The molecule has 120 valence electrons. The number of H-pyrrole nitrogens is 1. The number of rotatable bonds is 5. The molecule has 0 unspecified atom stereocenters. The number of fused-ring (bicyclic) bond motifs is 1. The third kappa shape index (κ3) is 2.94. The third-order valence-electron chi connectivity index (χ3n) is 4.12. The summed E-state index contributed by atoms with van der Waals surface area (Å²) < 4.78 is 32.3. The predicted molar refractivity (Wildman–Crippen MR) is 82.3 cm³/mol. The molecule has 0 radical (unpaired) electrons. The molecular weight excluding hydrogens is 306 g/mol. The van der Waals surface area contributed by atoms with Crippen LogP contribution in [0.5, 0.6) is 0 Å². The number of aromatic nitrogens is 1. The number of hydrogen-bond donors (Lipinski definition) is 2. The first kappa shape index (κ1) is 15.3. The van der Waals surface area contributed by atoms with Gasteiger partial charge in [-0.1, -0.05) is 6.92 Å². The number of hydrogen-bond acceptors (Lipinski definition) is 5. The minimum atomic E-state index is -3.61. The van der Waals surface area contributed by atoms with E-state index in [1.165, 1.54) is 18.2 Å². The van der Waals surface area contributed by atoms with Crippen molar-refractivity contribution in [2.45, 2.75) is 30.7 Å². The van der Waals surface area contributed by atoms with Crippen LogP contribution in [-0.4, -0.2) is 44.0 Å². The summed E-state index contributed by atoms with van der Waals surface area (Å²) >= 11 is 0. The molecule has 1 atom stereocenters. The van der Waals surface area contributed by atoms with Gasteiger partial charge in [0.25, 0.3) is 0 Å². The summed E-state index contributed by atoms with van der Waals surface area (Å²) in [5.74, 6) is -0.595. The number of aromatic amines is 1. The first-order valence-electron chi connectivity index (χ1n) is 7.36. The Hall–Kier alpha value is -1.64. The van der Waals surface area contributed by atoms with Crippen molar-refractivity contribution in [1.82, 2.24) is 14.6 Å². The van der Waals surface area contributed by atoms with Gasteiger partial charge in [0.05, 0.1) is 10.4 Å². The second kappa shape index (κ2) is 5.86. The highest BCUT2D eigenvalue weighted by molar-refractivity contribution is 7.89. The molecule has 1 aromatic heterocycles. The van der Waals surface area contributed by atoms with Crippen LogP contribution >= 0.6 is 0 Å². The molecule has 1 aliphatic rings. The van der Waals surface area contributed by atoms with Crippen molar-refractivity contribution in [3.05, 3.63) is 28.7 Å². The van der Waals surface area contributed by atoms with Gasteiger partial charge in [0, 0.05) is 18.7 Å². The zero-order valence-corrected chi connectivity index (χ0v) is 13.1. The van der Waals surface area contributed by atoms with E-state index in [1.54, 1.807) is 0 Å². The number of likely N-dealkylation sites (tertiary alicyclic amines) is 1. The Kier molecular flexibility index (Phi) is 4.07. The van der Waals surface area contributed by atoms with Gasteiger partial charge in [0.15, 0.2) is 5.58 Å². The number of oxazole rings is 1. The molecule has 1 saturated heterocycles. The predicted octanol–water partition coefficient (Wildman–Crippen LogP) is 0.884. The Morgan fingerprint density at radius 3 is 3.05 bits per heavy atom. The largest absolute Gasteiger partial charge is 0.417 e. The van der Waals surface area contributed by atoms with Gasteiger partial charge < -0.3 is 4.42 Å². The molecule has 2 N–H and O–H groups in total. The molecule has 3 rings (SSSR count). The number of likely N-dealkylation sites (N-methyl/N-ethyl adjacent to an activating group) is 1. The van der Waals surface area contributed by atoms with Gasteiger partial charge in [-0.05, 0) is 38.1 Å². The standard InChI is InChI=1S/C14H19N3O4S/c1-2-17-7-3-4-10(17)9-15-22(19,20)11-5-6-12-13(8-11)21-14(18)16-12/h5-6,8,10,15H,2-4,7,9H2,1H3,(H,16,18)/t10-/m0/s1. The molecule has 0 aliphatic carbocycles. The lowest BCUT2D eigenvalue weighted by Crippen LogP contribution is -2.39. The minimum Gasteiger partial charge on any atom is -0.408 e. The fourth-order valence-corrected chi connectivity index (χ4v) is 4.01. The fraction of sp³-hybridized carbons (Fsp3) is 0.500. The molecule has 0 amide bonds. The summed E-state index contributed by atoms with van der Waals surface area (Å²) in [6.07, 6.45) is 2.10. The first-order chi connectivity index (χ1) is 10.5. The molecule has 0 saturated carbocycles. The number of sulfonamides is 1. The van der Waals surface area contributed by atoms with Crippen LogP contribution in [0, 0.1) is 0 Å². The fourth-order valence-electron chi connectivity index (χ4n) is 2.92. The molecule has 0 bridgehead atoms. The van der Waals surface area contributed by atoms with Gasteiger partial charge >= 0.3 is 5.76 Å². The van der Waals surface area contributed by atoms with Crippen LogP contribution in [0.15, 0.2) is 32.3 Å². The van der Waals surface area contributed by atoms with Crippen LogP contribution in [0.2, 0.25) is 0 Å². The maximum Gasteiger partial charge on any atom is 0.417 e. The van der Waals surface area contributed by atoms with E-state index in [4.69, 9.17) is 4.42 Å². The van der Waals surface area contributed by atoms with Gasteiger partial charge in [-0.15, -0.1) is 0 Å². The average Bonchev–Trinajstić information content (AvgIpc) is 3.08. The lowest BCUT2D eigenvalue weighted by atomic mass is 10.2. The number of benzene rings is 1. The van der Waals surface area contributed by atoms with Crippen molar-refractivity contribution in [3.8, 4) is 0 Å². The number of nitrogens with zero attached hydrogens (tertiary/aromatic N) is 1. The zero-order chi connectivity index (χ0) is 15.7. The SMILES string of the molecule is CCN1CCC[C@H]1CNS(=O)(=O)c1ccc2[nH]c(=O)oc2c1. The van der Waals surface area contributed by atoms with E-state index in [1.807, 2.05) is 0 Å². The highest BCUT2D eigenvalue weighted by Gasteiger charge is 2.25.